The number of ether oxygens (including phenoxy) is 2. The third-order valence-electron chi connectivity index (χ3n) is 3.79. The Morgan fingerprint density at radius 1 is 1.13 bits per heavy atom. The van der Waals surface area contributed by atoms with Crippen molar-refractivity contribution >= 4 is 0 Å². The minimum atomic E-state index is -0.419. The van der Waals surface area contributed by atoms with E-state index in [2.05, 4.69) is 4.90 Å². The van der Waals surface area contributed by atoms with Crippen molar-refractivity contribution in [1.29, 1.82) is 0 Å². The molecule has 0 aromatic rings. The quantitative estimate of drug-likeness (QED) is 0.700. The van der Waals surface area contributed by atoms with E-state index < -0.39 is 5.79 Å². The molecule has 1 aliphatic carbocycles. The first-order valence-corrected chi connectivity index (χ1v) is 5.73. The van der Waals surface area contributed by atoms with E-state index in [1.807, 2.05) is 0 Å². The van der Waals surface area contributed by atoms with Gasteiger partial charge in [-0.3, -0.25) is 4.90 Å². The van der Waals surface area contributed by atoms with Gasteiger partial charge in [0.15, 0.2) is 5.79 Å². The van der Waals surface area contributed by atoms with Gasteiger partial charge in [-0.1, -0.05) is 12.8 Å². The molecule has 2 aliphatic rings. The van der Waals surface area contributed by atoms with Crippen LogP contribution in [0.4, 0.5) is 0 Å². The summed E-state index contributed by atoms with van der Waals surface area (Å²) in [6, 6.07) is 0.317. The second-order valence-electron chi connectivity index (χ2n) is 4.64. The molecule has 0 radical (unpaired) electrons. The van der Waals surface area contributed by atoms with E-state index in [1.165, 1.54) is 6.42 Å². The van der Waals surface area contributed by atoms with E-state index in [-0.39, 0.29) is 6.10 Å². The van der Waals surface area contributed by atoms with Gasteiger partial charge in [0.05, 0.1) is 19.2 Å². The normalized spacial score (nSPS) is 36.2. The summed E-state index contributed by atoms with van der Waals surface area (Å²) in [5.41, 5.74) is 0. The third-order valence-corrected chi connectivity index (χ3v) is 3.79. The van der Waals surface area contributed by atoms with Gasteiger partial charge in [-0.25, -0.2) is 0 Å². The Hall–Kier alpha value is -0.160. The number of aliphatic hydroxyl groups is 1. The molecule has 4 heteroatoms. The average molecular weight is 215 g/mol. The summed E-state index contributed by atoms with van der Waals surface area (Å²) in [4.78, 5) is 2.27. The fourth-order valence-electron chi connectivity index (χ4n) is 2.67. The number of hydrogen-bond acceptors (Lipinski definition) is 4. The standard InChI is InChI=1S/C11H21NO3/c1-14-11(15-2)7-12(8-11)9-5-3-4-6-10(9)13/h9-10,13H,3-8H2,1-2H3. The van der Waals surface area contributed by atoms with Gasteiger partial charge < -0.3 is 14.6 Å². The molecule has 15 heavy (non-hydrogen) atoms. The Morgan fingerprint density at radius 3 is 2.27 bits per heavy atom. The van der Waals surface area contributed by atoms with Crippen LogP contribution < -0.4 is 0 Å². The van der Waals surface area contributed by atoms with Crippen LogP contribution in [-0.2, 0) is 9.47 Å². The molecule has 1 saturated heterocycles. The SMILES string of the molecule is COC1(OC)CN(C2CCCCC2O)C1. The molecule has 0 aromatic heterocycles. The zero-order chi connectivity index (χ0) is 10.9. The van der Waals surface area contributed by atoms with Crippen LogP contribution in [0.1, 0.15) is 25.7 Å². The van der Waals surface area contributed by atoms with Gasteiger partial charge in [0.2, 0.25) is 0 Å². The van der Waals surface area contributed by atoms with Crippen molar-refractivity contribution in [1.82, 2.24) is 4.90 Å². The van der Waals surface area contributed by atoms with Crippen LogP contribution in [0.2, 0.25) is 0 Å². The molecule has 2 unspecified atom stereocenters. The summed E-state index contributed by atoms with van der Waals surface area (Å²) < 4.78 is 10.7. The lowest BCUT2D eigenvalue weighted by Gasteiger charge is -2.52. The lowest BCUT2D eigenvalue weighted by Crippen LogP contribution is -2.68. The Balaban J connectivity index is 1.87. The molecular formula is C11H21NO3. The van der Waals surface area contributed by atoms with Gasteiger partial charge in [-0.05, 0) is 12.8 Å². The monoisotopic (exact) mass is 215 g/mol. The first-order chi connectivity index (χ1) is 7.21. The molecule has 0 spiro atoms. The molecule has 4 nitrogen and oxygen atoms in total. The Bertz CT molecular complexity index is 210. The first-order valence-electron chi connectivity index (χ1n) is 5.73. The van der Waals surface area contributed by atoms with Crippen LogP contribution in [-0.4, -0.2) is 55.2 Å². The molecule has 88 valence electrons. The fourth-order valence-corrected chi connectivity index (χ4v) is 2.67. The van der Waals surface area contributed by atoms with Gasteiger partial charge in [0, 0.05) is 20.3 Å². The Labute approximate surface area is 91.2 Å². The fraction of sp³-hybridized carbons (Fsp3) is 1.00. The van der Waals surface area contributed by atoms with Crippen molar-refractivity contribution in [3.05, 3.63) is 0 Å². The van der Waals surface area contributed by atoms with E-state index in [1.54, 1.807) is 14.2 Å². The maximum Gasteiger partial charge on any atom is 0.193 e. The second kappa shape index (κ2) is 4.37. The van der Waals surface area contributed by atoms with Gasteiger partial charge in [0.25, 0.3) is 0 Å². The molecule has 2 fully saturated rings. The number of likely N-dealkylation sites (tertiary alicyclic amines) is 1. The first kappa shape index (κ1) is 11.3. The zero-order valence-corrected chi connectivity index (χ0v) is 9.61. The highest BCUT2D eigenvalue weighted by atomic mass is 16.7. The van der Waals surface area contributed by atoms with Crippen molar-refractivity contribution in [3.8, 4) is 0 Å². The molecule has 0 amide bonds. The Morgan fingerprint density at radius 2 is 1.73 bits per heavy atom. The van der Waals surface area contributed by atoms with Crippen molar-refractivity contribution in [2.24, 2.45) is 0 Å². The highest BCUT2D eigenvalue weighted by Crippen LogP contribution is 2.32. The number of methoxy groups -OCH3 is 2. The molecule has 0 aromatic carbocycles. The summed E-state index contributed by atoms with van der Waals surface area (Å²) in [6.45, 7) is 1.56. The minimum Gasteiger partial charge on any atom is -0.391 e. The molecule has 1 heterocycles. The smallest absolute Gasteiger partial charge is 0.193 e. The maximum absolute atomic E-state index is 9.90. The highest BCUT2D eigenvalue weighted by molar-refractivity contribution is 4.96. The van der Waals surface area contributed by atoms with Crippen molar-refractivity contribution in [3.63, 3.8) is 0 Å². The van der Waals surface area contributed by atoms with E-state index in [0.29, 0.717) is 6.04 Å². The molecule has 2 atom stereocenters. The third kappa shape index (κ3) is 2.04. The van der Waals surface area contributed by atoms with E-state index in [4.69, 9.17) is 9.47 Å². The topological polar surface area (TPSA) is 41.9 Å². The van der Waals surface area contributed by atoms with Crippen LogP contribution >= 0.6 is 0 Å². The van der Waals surface area contributed by atoms with Crippen LogP contribution in [0, 0.1) is 0 Å². The van der Waals surface area contributed by atoms with Crippen molar-refractivity contribution < 1.29 is 14.6 Å². The van der Waals surface area contributed by atoms with Crippen LogP contribution in [0.15, 0.2) is 0 Å². The lowest BCUT2D eigenvalue weighted by molar-refractivity contribution is -0.287. The molecule has 2 rings (SSSR count). The van der Waals surface area contributed by atoms with Crippen molar-refractivity contribution in [2.45, 2.75) is 43.6 Å². The number of aliphatic hydroxyl groups excluding tert-OH is 1. The maximum atomic E-state index is 9.90. The summed E-state index contributed by atoms with van der Waals surface area (Å²) in [7, 11) is 3.36. The average Bonchev–Trinajstić information content (AvgIpc) is 2.20. The van der Waals surface area contributed by atoms with Crippen LogP contribution in [0.25, 0.3) is 0 Å². The van der Waals surface area contributed by atoms with Gasteiger partial charge in [-0.2, -0.15) is 0 Å². The molecule has 1 saturated carbocycles. The number of rotatable bonds is 3. The van der Waals surface area contributed by atoms with Gasteiger partial charge in [-0.15, -0.1) is 0 Å². The minimum absolute atomic E-state index is 0.162. The predicted molar refractivity (Wildman–Crippen MR) is 56.6 cm³/mol. The predicted octanol–water partition coefficient (Wildman–Crippen LogP) is 0.595. The second-order valence-corrected chi connectivity index (χ2v) is 4.64. The van der Waals surface area contributed by atoms with E-state index in [0.717, 1.165) is 32.4 Å². The molecular weight excluding hydrogens is 194 g/mol. The lowest BCUT2D eigenvalue weighted by atomic mass is 9.88. The zero-order valence-electron chi connectivity index (χ0n) is 9.61. The molecule has 0 bridgehead atoms. The van der Waals surface area contributed by atoms with Crippen molar-refractivity contribution in [2.75, 3.05) is 27.3 Å². The summed E-state index contributed by atoms with van der Waals surface area (Å²) in [5, 5.41) is 9.90. The molecule has 1 aliphatic heterocycles. The Kier molecular flexibility index (Phi) is 3.30. The van der Waals surface area contributed by atoms with E-state index in [9.17, 15) is 5.11 Å². The largest absolute Gasteiger partial charge is 0.391 e. The van der Waals surface area contributed by atoms with Gasteiger partial charge >= 0.3 is 0 Å². The molecule has 1 N–H and O–H groups in total. The van der Waals surface area contributed by atoms with Gasteiger partial charge in [0.1, 0.15) is 0 Å². The van der Waals surface area contributed by atoms with Crippen LogP contribution in [0.5, 0.6) is 0 Å². The summed E-state index contributed by atoms with van der Waals surface area (Å²) >= 11 is 0. The summed E-state index contributed by atoms with van der Waals surface area (Å²) in [6.07, 6.45) is 4.26. The summed E-state index contributed by atoms with van der Waals surface area (Å²) in [5.74, 6) is -0.419. The highest BCUT2D eigenvalue weighted by Gasteiger charge is 2.48. The van der Waals surface area contributed by atoms with E-state index >= 15 is 0 Å². The number of hydrogen-bond donors (Lipinski definition) is 1. The number of nitrogens with zero attached hydrogens (tertiary/aromatic N) is 1. The van der Waals surface area contributed by atoms with Crippen LogP contribution in [0.3, 0.4) is 0 Å².